The van der Waals surface area contributed by atoms with E-state index < -0.39 is 0 Å². The van der Waals surface area contributed by atoms with Crippen molar-refractivity contribution in [2.45, 2.75) is 12.8 Å². The predicted octanol–water partition coefficient (Wildman–Crippen LogP) is 2.80. The summed E-state index contributed by atoms with van der Waals surface area (Å²) in [5.74, 6) is 0.0193. The Morgan fingerprint density at radius 1 is 0.950 bits per heavy atom. The molecule has 3 heteroatoms. The fraction of sp³-hybridized carbons (Fsp3) is 0.176. The molecule has 0 aromatic heterocycles. The SMILES string of the molecule is O=C1[C@@H]2Cc3ccccc3CC2=NN1c1ccccc1. The van der Waals surface area contributed by atoms with Crippen LogP contribution in [0.3, 0.4) is 0 Å². The van der Waals surface area contributed by atoms with Gasteiger partial charge in [-0.1, -0.05) is 42.5 Å². The van der Waals surface area contributed by atoms with E-state index in [2.05, 4.69) is 17.2 Å². The smallest absolute Gasteiger partial charge is 0.256 e. The van der Waals surface area contributed by atoms with Gasteiger partial charge in [0, 0.05) is 6.42 Å². The van der Waals surface area contributed by atoms with Gasteiger partial charge in [-0.15, -0.1) is 0 Å². The Kier molecular flexibility index (Phi) is 2.46. The highest BCUT2D eigenvalue weighted by Gasteiger charge is 2.39. The van der Waals surface area contributed by atoms with Crippen molar-refractivity contribution < 1.29 is 4.79 Å². The van der Waals surface area contributed by atoms with Gasteiger partial charge in [-0.2, -0.15) is 5.10 Å². The Bertz CT molecular complexity index is 706. The molecule has 0 saturated heterocycles. The van der Waals surface area contributed by atoms with Crippen LogP contribution in [0.1, 0.15) is 11.1 Å². The third-order valence-corrected chi connectivity index (χ3v) is 4.05. The molecule has 1 heterocycles. The molecule has 98 valence electrons. The lowest BCUT2D eigenvalue weighted by atomic mass is 9.82. The Hall–Kier alpha value is -2.42. The van der Waals surface area contributed by atoms with Crippen molar-refractivity contribution in [1.82, 2.24) is 0 Å². The zero-order valence-electron chi connectivity index (χ0n) is 11.0. The summed E-state index contributed by atoms with van der Waals surface area (Å²) >= 11 is 0. The molecule has 0 N–H and O–H groups in total. The van der Waals surface area contributed by atoms with Gasteiger partial charge in [-0.3, -0.25) is 4.79 Å². The van der Waals surface area contributed by atoms with E-state index in [-0.39, 0.29) is 11.8 Å². The molecule has 1 atom stereocenters. The van der Waals surface area contributed by atoms with Gasteiger partial charge in [0.05, 0.1) is 17.3 Å². The van der Waals surface area contributed by atoms with Crippen molar-refractivity contribution in [3.8, 4) is 0 Å². The molecule has 2 aliphatic rings. The monoisotopic (exact) mass is 262 g/mol. The first kappa shape index (κ1) is 11.4. The first-order valence-electron chi connectivity index (χ1n) is 6.86. The lowest BCUT2D eigenvalue weighted by molar-refractivity contribution is -0.119. The summed E-state index contributed by atoms with van der Waals surface area (Å²) in [4.78, 5) is 12.6. The van der Waals surface area contributed by atoms with Crippen LogP contribution < -0.4 is 5.01 Å². The first-order valence-corrected chi connectivity index (χ1v) is 6.86. The topological polar surface area (TPSA) is 32.7 Å². The number of carbonyl (C=O) groups is 1. The molecular weight excluding hydrogens is 248 g/mol. The van der Waals surface area contributed by atoms with Gasteiger partial charge in [0.15, 0.2) is 0 Å². The average molecular weight is 262 g/mol. The Morgan fingerprint density at radius 2 is 1.65 bits per heavy atom. The summed E-state index contributed by atoms with van der Waals surface area (Å²) in [5, 5.41) is 6.12. The van der Waals surface area contributed by atoms with Gasteiger partial charge >= 0.3 is 0 Å². The van der Waals surface area contributed by atoms with Crippen LogP contribution >= 0.6 is 0 Å². The lowest BCUT2D eigenvalue weighted by Gasteiger charge is -2.20. The fourth-order valence-corrected chi connectivity index (χ4v) is 3.00. The van der Waals surface area contributed by atoms with E-state index in [9.17, 15) is 4.79 Å². The molecule has 0 spiro atoms. The zero-order valence-corrected chi connectivity index (χ0v) is 11.0. The second-order valence-corrected chi connectivity index (χ2v) is 5.28. The van der Waals surface area contributed by atoms with Gasteiger partial charge in [0.2, 0.25) is 0 Å². The van der Waals surface area contributed by atoms with Crippen molar-refractivity contribution in [2.24, 2.45) is 11.0 Å². The number of hydrazone groups is 1. The number of hydrogen-bond acceptors (Lipinski definition) is 2. The van der Waals surface area contributed by atoms with Crippen molar-refractivity contribution in [2.75, 3.05) is 5.01 Å². The maximum absolute atomic E-state index is 12.6. The van der Waals surface area contributed by atoms with Gasteiger partial charge in [0.1, 0.15) is 0 Å². The van der Waals surface area contributed by atoms with Crippen molar-refractivity contribution >= 4 is 17.3 Å². The highest BCUT2D eigenvalue weighted by atomic mass is 16.2. The van der Waals surface area contributed by atoms with E-state index in [0.717, 1.165) is 24.2 Å². The molecule has 2 aromatic rings. The molecule has 0 unspecified atom stereocenters. The van der Waals surface area contributed by atoms with Crippen LogP contribution in [-0.2, 0) is 17.6 Å². The van der Waals surface area contributed by atoms with Gasteiger partial charge < -0.3 is 0 Å². The summed E-state index contributed by atoms with van der Waals surface area (Å²) in [6, 6.07) is 18.0. The van der Waals surface area contributed by atoms with E-state index in [4.69, 9.17) is 0 Å². The number of hydrogen-bond donors (Lipinski definition) is 0. The van der Waals surface area contributed by atoms with Crippen molar-refractivity contribution in [1.29, 1.82) is 0 Å². The Labute approximate surface area is 117 Å². The maximum atomic E-state index is 12.6. The van der Waals surface area contributed by atoms with E-state index in [1.165, 1.54) is 11.1 Å². The number of fused-ring (bicyclic) bond motifs is 2. The number of anilines is 1. The normalized spacial score (nSPS) is 20.4. The van der Waals surface area contributed by atoms with Crippen LogP contribution in [0.2, 0.25) is 0 Å². The molecule has 2 aromatic carbocycles. The van der Waals surface area contributed by atoms with Crippen LogP contribution in [-0.4, -0.2) is 11.6 Å². The van der Waals surface area contributed by atoms with E-state index >= 15 is 0 Å². The second-order valence-electron chi connectivity index (χ2n) is 5.28. The number of rotatable bonds is 1. The summed E-state index contributed by atoms with van der Waals surface area (Å²) in [6.07, 6.45) is 1.56. The number of benzene rings is 2. The molecule has 3 nitrogen and oxygen atoms in total. The summed E-state index contributed by atoms with van der Waals surface area (Å²) in [7, 11) is 0. The third-order valence-electron chi connectivity index (χ3n) is 4.05. The minimum absolute atomic E-state index is 0.0786. The molecule has 1 aliphatic carbocycles. The number of carbonyl (C=O) groups excluding carboxylic acids is 1. The Morgan fingerprint density at radius 3 is 2.45 bits per heavy atom. The van der Waals surface area contributed by atoms with E-state index in [1.54, 1.807) is 5.01 Å². The first-order chi connectivity index (χ1) is 9.83. The van der Waals surface area contributed by atoms with Crippen LogP contribution in [0.4, 0.5) is 5.69 Å². The molecule has 0 fully saturated rings. The summed E-state index contributed by atoms with van der Waals surface area (Å²) in [5.41, 5.74) is 4.42. The van der Waals surface area contributed by atoms with Crippen molar-refractivity contribution in [3.05, 3.63) is 65.7 Å². The lowest BCUT2D eigenvalue weighted by Crippen LogP contribution is -2.32. The molecular formula is C17H14N2O. The van der Waals surface area contributed by atoms with Crippen LogP contribution in [0.15, 0.2) is 59.7 Å². The van der Waals surface area contributed by atoms with Gasteiger partial charge in [-0.25, -0.2) is 5.01 Å². The summed E-state index contributed by atoms with van der Waals surface area (Å²) < 4.78 is 0. The van der Waals surface area contributed by atoms with E-state index in [1.807, 2.05) is 42.5 Å². The van der Waals surface area contributed by atoms with Crippen molar-refractivity contribution in [3.63, 3.8) is 0 Å². The number of nitrogens with zero attached hydrogens (tertiary/aromatic N) is 2. The van der Waals surface area contributed by atoms with Crippen LogP contribution in [0, 0.1) is 5.92 Å². The zero-order chi connectivity index (χ0) is 13.5. The largest absolute Gasteiger partial charge is 0.272 e. The quantitative estimate of drug-likeness (QED) is 0.777. The minimum atomic E-state index is -0.0786. The van der Waals surface area contributed by atoms with Crippen LogP contribution in [0.25, 0.3) is 0 Å². The fourth-order valence-electron chi connectivity index (χ4n) is 3.00. The standard InChI is InChI=1S/C17H14N2O/c20-17-15-10-12-6-4-5-7-13(12)11-16(15)18-19(17)14-8-2-1-3-9-14/h1-9,15H,10-11H2/t15-/m1/s1. The highest BCUT2D eigenvalue weighted by molar-refractivity contribution is 6.16. The van der Waals surface area contributed by atoms with E-state index in [0.29, 0.717) is 0 Å². The Balaban J connectivity index is 1.72. The van der Waals surface area contributed by atoms with Gasteiger partial charge in [-0.05, 0) is 29.7 Å². The van der Waals surface area contributed by atoms with Crippen LogP contribution in [0.5, 0.6) is 0 Å². The average Bonchev–Trinajstić information content (AvgIpc) is 2.83. The molecule has 1 aliphatic heterocycles. The third kappa shape index (κ3) is 1.67. The highest BCUT2D eigenvalue weighted by Crippen LogP contribution is 2.31. The summed E-state index contributed by atoms with van der Waals surface area (Å²) in [6.45, 7) is 0. The molecule has 1 amide bonds. The maximum Gasteiger partial charge on any atom is 0.256 e. The predicted molar refractivity (Wildman–Crippen MR) is 78.7 cm³/mol. The minimum Gasteiger partial charge on any atom is -0.272 e. The number of para-hydroxylation sites is 1. The molecule has 20 heavy (non-hydrogen) atoms. The second kappa shape index (κ2) is 4.30. The molecule has 0 saturated carbocycles. The van der Waals surface area contributed by atoms with Gasteiger partial charge in [0.25, 0.3) is 5.91 Å². The molecule has 4 rings (SSSR count). The molecule has 0 radical (unpaired) electrons. The molecule has 0 bridgehead atoms. The number of amides is 1.